The Morgan fingerprint density at radius 1 is 1.15 bits per heavy atom. The molecular weight excluding hydrogens is 181 g/mol. The summed E-state index contributed by atoms with van der Waals surface area (Å²) in [5.74, 6) is 0. The molecule has 0 radical (unpaired) electrons. The summed E-state index contributed by atoms with van der Waals surface area (Å²) in [6.07, 6.45) is -1.43. The highest BCUT2D eigenvalue weighted by Gasteiger charge is 2.42. The van der Waals surface area contributed by atoms with Gasteiger partial charge in [0.15, 0.2) is 0 Å². The minimum absolute atomic E-state index is 0.330. The highest BCUT2D eigenvalue weighted by atomic mass is 19.4. The van der Waals surface area contributed by atoms with Crippen LogP contribution in [0.1, 0.15) is 19.3 Å². The summed E-state index contributed by atoms with van der Waals surface area (Å²) in [5, 5.41) is 0. The van der Waals surface area contributed by atoms with Gasteiger partial charge in [-0.3, -0.25) is 4.90 Å². The number of halogens is 3. The Bertz CT molecular complexity index is 152. The largest absolute Gasteiger partial charge is 0.405 e. The maximum Gasteiger partial charge on any atom is 0.405 e. The SMILES string of the molecule is NC[C@@H](N1CCCCC1)C(F)(F)F. The van der Waals surface area contributed by atoms with E-state index in [9.17, 15) is 13.2 Å². The molecule has 78 valence electrons. The van der Waals surface area contributed by atoms with Gasteiger partial charge in [-0.05, 0) is 25.9 Å². The molecule has 1 heterocycles. The fourth-order valence-electron chi connectivity index (χ4n) is 1.72. The van der Waals surface area contributed by atoms with Gasteiger partial charge in [0, 0.05) is 6.54 Å². The lowest BCUT2D eigenvalue weighted by molar-refractivity contribution is -0.182. The minimum Gasteiger partial charge on any atom is -0.329 e. The van der Waals surface area contributed by atoms with Gasteiger partial charge in [-0.1, -0.05) is 6.42 Å². The number of rotatable bonds is 2. The number of nitrogens with zero attached hydrogens (tertiary/aromatic N) is 1. The molecule has 0 aliphatic carbocycles. The van der Waals surface area contributed by atoms with E-state index >= 15 is 0 Å². The van der Waals surface area contributed by atoms with E-state index in [1.165, 1.54) is 4.90 Å². The van der Waals surface area contributed by atoms with E-state index in [4.69, 9.17) is 5.73 Å². The number of hydrogen-bond donors (Lipinski definition) is 1. The van der Waals surface area contributed by atoms with Crippen LogP contribution in [0.4, 0.5) is 13.2 Å². The van der Waals surface area contributed by atoms with Crippen molar-refractivity contribution in [3.63, 3.8) is 0 Å². The molecule has 2 nitrogen and oxygen atoms in total. The molecule has 0 amide bonds. The first-order chi connectivity index (χ1) is 6.05. The number of likely N-dealkylation sites (tertiary alicyclic amines) is 1. The second-order valence-electron chi connectivity index (χ2n) is 3.39. The minimum atomic E-state index is -4.17. The summed E-state index contributed by atoms with van der Waals surface area (Å²) in [5.41, 5.74) is 5.13. The first-order valence-corrected chi connectivity index (χ1v) is 4.56. The molecule has 1 rings (SSSR count). The number of piperidine rings is 1. The molecule has 0 aromatic carbocycles. The van der Waals surface area contributed by atoms with Crippen molar-refractivity contribution in [1.82, 2.24) is 4.90 Å². The van der Waals surface area contributed by atoms with Crippen molar-refractivity contribution in [2.45, 2.75) is 31.5 Å². The van der Waals surface area contributed by atoms with Crippen LogP contribution in [-0.4, -0.2) is 36.8 Å². The van der Waals surface area contributed by atoms with Gasteiger partial charge in [-0.15, -0.1) is 0 Å². The van der Waals surface area contributed by atoms with Crippen molar-refractivity contribution in [3.05, 3.63) is 0 Å². The highest BCUT2D eigenvalue weighted by molar-refractivity contribution is 4.81. The predicted octanol–water partition coefficient (Wildman–Crippen LogP) is 1.36. The van der Waals surface area contributed by atoms with Crippen LogP contribution in [0.3, 0.4) is 0 Å². The van der Waals surface area contributed by atoms with E-state index in [1.807, 2.05) is 0 Å². The number of hydrogen-bond acceptors (Lipinski definition) is 2. The lowest BCUT2D eigenvalue weighted by Gasteiger charge is -2.34. The van der Waals surface area contributed by atoms with E-state index in [2.05, 4.69) is 0 Å². The van der Waals surface area contributed by atoms with E-state index in [0.717, 1.165) is 19.3 Å². The van der Waals surface area contributed by atoms with Crippen LogP contribution in [0, 0.1) is 0 Å². The zero-order valence-corrected chi connectivity index (χ0v) is 7.48. The van der Waals surface area contributed by atoms with Gasteiger partial charge in [0.05, 0.1) is 0 Å². The average Bonchev–Trinajstić information content (AvgIpc) is 2.05. The molecule has 0 bridgehead atoms. The van der Waals surface area contributed by atoms with Crippen LogP contribution in [0.15, 0.2) is 0 Å². The van der Waals surface area contributed by atoms with Crippen LogP contribution in [0.2, 0.25) is 0 Å². The smallest absolute Gasteiger partial charge is 0.329 e. The van der Waals surface area contributed by atoms with Crippen molar-refractivity contribution in [1.29, 1.82) is 0 Å². The second kappa shape index (κ2) is 4.28. The molecular formula is C8H15F3N2. The Morgan fingerprint density at radius 3 is 2.08 bits per heavy atom. The molecule has 0 aromatic heterocycles. The average molecular weight is 196 g/mol. The number of alkyl halides is 3. The van der Waals surface area contributed by atoms with Gasteiger partial charge in [0.25, 0.3) is 0 Å². The van der Waals surface area contributed by atoms with Crippen LogP contribution in [0.5, 0.6) is 0 Å². The maximum absolute atomic E-state index is 12.4. The van der Waals surface area contributed by atoms with Crippen LogP contribution in [-0.2, 0) is 0 Å². The van der Waals surface area contributed by atoms with E-state index in [-0.39, 0.29) is 6.54 Å². The van der Waals surface area contributed by atoms with Crippen molar-refractivity contribution in [2.75, 3.05) is 19.6 Å². The molecule has 0 spiro atoms. The van der Waals surface area contributed by atoms with Gasteiger partial charge in [-0.2, -0.15) is 13.2 Å². The van der Waals surface area contributed by atoms with E-state index in [0.29, 0.717) is 13.1 Å². The predicted molar refractivity (Wildman–Crippen MR) is 44.3 cm³/mol. The quantitative estimate of drug-likeness (QED) is 0.722. The summed E-state index contributed by atoms with van der Waals surface area (Å²) in [6, 6.07) is -1.44. The monoisotopic (exact) mass is 196 g/mol. The molecule has 0 unspecified atom stereocenters. The summed E-state index contributed by atoms with van der Waals surface area (Å²) >= 11 is 0. The Balaban J connectivity index is 2.54. The molecule has 5 heteroatoms. The van der Waals surface area contributed by atoms with Gasteiger partial charge >= 0.3 is 6.18 Å². The molecule has 0 saturated carbocycles. The van der Waals surface area contributed by atoms with E-state index in [1.54, 1.807) is 0 Å². The zero-order chi connectivity index (χ0) is 9.90. The van der Waals surface area contributed by atoms with Gasteiger partial charge < -0.3 is 5.73 Å². The molecule has 2 N–H and O–H groups in total. The standard InChI is InChI=1S/C8H15F3N2/c9-8(10,11)7(6-12)13-4-2-1-3-5-13/h7H,1-6,12H2/t7-/m1/s1. The number of nitrogens with two attached hydrogens (primary N) is 1. The molecule has 13 heavy (non-hydrogen) atoms. The van der Waals surface area contributed by atoms with Crippen LogP contribution >= 0.6 is 0 Å². The summed E-state index contributed by atoms with van der Waals surface area (Å²) in [7, 11) is 0. The first kappa shape index (κ1) is 10.8. The Hall–Kier alpha value is -0.290. The van der Waals surface area contributed by atoms with E-state index < -0.39 is 12.2 Å². The third kappa shape index (κ3) is 2.84. The van der Waals surface area contributed by atoms with Gasteiger partial charge in [0.1, 0.15) is 6.04 Å². The maximum atomic E-state index is 12.4. The summed E-state index contributed by atoms with van der Waals surface area (Å²) < 4.78 is 37.1. The fraction of sp³-hybridized carbons (Fsp3) is 1.00. The topological polar surface area (TPSA) is 29.3 Å². The van der Waals surface area contributed by atoms with Gasteiger partial charge in [-0.25, -0.2) is 0 Å². The second-order valence-corrected chi connectivity index (χ2v) is 3.39. The Kier molecular flexibility index (Phi) is 3.55. The Morgan fingerprint density at radius 2 is 1.69 bits per heavy atom. The highest BCUT2D eigenvalue weighted by Crippen LogP contribution is 2.26. The lowest BCUT2D eigenvalue weighted by Crippen LogP contribution is -2.51. The molecule has 1 aliphatic rings. The lowest BCUT2D eigenvalue weighted by atomic mass is 10.1. The van der Waals surface area contributed by atoms with Crippen molar-refractivity contribution < 1.29 is 13.2 Å². The summed E-state index contributed by atoms with van der Waals surface area (Å²) in [6.45, 7) is 0.728. The molecule has 1 fully saturated rings. The van der Waals surface area contributed by atoms with Crippen LogP contribution < -0.4 is 5.73 Å². The van der Waals surface area contributed by atoms with Gasteiger partial charge in [0.2, 0.25) is 0 Å². The molecule has 1 saturated heterocycles. The molecule has 0 aromatic rings. The molecule has 1 atom stereocenters. The fourth-order valence-corrected chi connectivity index (χ4v) is 1.72. The normalized spacial score (nSPS) is 23.1. The Labute approximate surface area is 75.9 Å². The van der Waals surface area contributed by atoms with Crippen molar-refractivity contribution >= 4 is 0 Å². The third-order valence-corrected chi connectivity index (χ3v) is 2.43. The third-order valence-electron chi connectivity index (χ3n) is 2.43. The zero-order valence-electron chi connectivity index (χ0n) is 7.48. The van der Waals surface area contributed by atoms with Crippen molar-refractivity contribution in [3.8, 4) is 0 Å². The van der Waals surface area contributed by atoms with Crippen LogP contribution in [0.25, 0.3) is 0 Å². The van der Waals surface area contributed by atoms with Crippen molar-refractivity contribution in [2.24, 2.45) is 5.73 Å². The first-order valence-electron chi connectivity index (χ1n) is 4.56. The molecule has 1 aliphatic heterocycles. The summed E-state index contributed by atoms with van der Waals surface area (Å²) in [4.78, 5) is 1.45.